The number of rotatable bonds is 2. The molecule has 0 amide bonds. The third-order valence-corrected chi connectivity index (χ3v) is 3.20. The SMILES string of the molecule is O=C1OCC(c2ccc(O)cc2)=C1c1cccc(O)c1. The van der Waals surface area contributed by atoms with Gasteiger partial charge in [-0.25, -0.2) is 4.79 Å². The van der Waals surface area contributed by atoms with Gasteiger partial charge in [0.1, 0.15) is 18.1 Å². The van der Waals surface area contributed by atoms with Crippen LogP contribution in [0, 0.1) is 0 Å². The second-order valence-electron chi connectivity index (χ2n) is 4.53. The molecule has 20 heavy (non-hydrogen) atoms. The van der Waals surface area contributed by atoms with Crippen LogP contribution in [0.5, 0.6) is 11.5 Å². The van der Waals surface area contributed by atoms with E-state index in [2.05, 4.69) is 0 Å². The highest BCUT2D eigenvalue weighted by Crippen LogP contribution is 2.34. The van der Waals surface area contributed by atoms with Crippen molar-refractivity contribution < 1.29 is 19.7 Å². The molecule has 0 fully saturated rings. The van der Waals surface area contributed by atoms with Gasteiger partial charge in [-0.05, 0) is 35.4 Å². The fourth-order valence-electron chi connectivity index (χ4n) is 2.25. The molecule has 4 nitrogen and oxygen atoms in total. The summed E-state index contributed by atoms with van der Waals surface area (Å²) in [5.41, 5.74) is 2.63. The molecule has 0 saturated heterocycles. The summed E-state index contributed by atoms with van der Waals surface area (Å²) in [4.78, 5) is 11.9. The molecule has 2 aromatic rings. The average Bonchev–Trinajstić information content (AvgIpc) is 2.81. The van der Waals surface area contributed by atoms with Crippen LogP contribution in [0.25, 0.3) is 11.1 Å². The molecule has 0 bridgehead atoms. The Kier molecular flexibility index (Phi) is 2.91. The summed E-state index contributed by atoms with van der Waals surface area (Å²) >= 11 is 0. The van der Waals surface area contributed by atoms with E-state index in [1.807, 2.05) is 0 Å². The summed E-state index contributed by atoms with van der Waals surface area (Å²) < 4.78 is 5.10. The maximum absolute atomic E-state index is 11.9. The molecule has 0 aromatic heterocycles. The molecule has 0 unspecified atom stereocenters. The van der Waals surface area contributed by atoms with Crippen molar-refractivity contribution in [3.05, 3.63) is 59.7 Å². The lowest BCUT2D eigenvalue weighted by atomic mass is 9.96. The molecule has 0 aliphatic carbocycles. The number of carbonyl (C=O) groups excluding carboxylic acids is 1. The van der Waals surface area contributed by atoms with Gasteiger partial charge in [0, 0.05) is 5.57 Å². The summed E-state index contributed by atoms with van der Waals surface area (Å²) in [6.45, 7) is 0.189. The molecular weight excluding hydrogens is 256 g/mol. The molecule has 3 rings (SSSR count). The lowest BCUT2D eigenvalue weighted by Gasteiger charge is -2.05. The van der Waals surface area contributed by atoms with E-state index in [1.54, 1.807) is 42.5 Å². The van der Waals surface area contributed by atoms with E-state index in [4.69, 9.17) is 4.74 Å². The monoisotopic (exact) mass is 268 g/mol. The highest BCUT2D eigenvalue weighted by Gasteiger charge is 2.27. The molecular formula is C16H12O4. The number of ether oxygens (including phenoxy) is 1. The van der Waals surface area contributed by atoms with Gasteiger partial charge < -0.3 is 14.9 Å². The number of hydrogen-bond donors (Lipinski definition) is 2. The lowest BCUT2D eigenvalue weighted by molar-refractivity contribution is -0.133. The first-order chi connectivity index (χ1) is 9.65. The Hall–Kier alpha value is -2.75. The predicted octanol–water partition coefficient (Wildman–Crippen LogP) is 2.57. The first-order valence-electron chi connectivity index (χ1n) is 6.14. The van der Waals surface area contributed by atoms with Crippen LogP contribution < -0.4 is 0 Å². The molecule has 2 aromatic carbocycles. The summed E-state index contributed by atoms with van der Waals surface area (Å²) in [5, 5.41) is 18.9. The van der Waals surface area contributed by atoms with E-state index < -0.39 is 5.97 Å². The quantitative estimate of drug-likeness (QED) is 0.821. The van der Waals surface area contributed by atoms with E-state index in [0.29, 0.717) is 11.1 Å². The molecule has 100 valence electrons. The van der Waals surface area contributed by atoms with E-state index >= 15 is 0 Å². The molecule has 0 saturated carbocycles. The predicted molar refractivity (Wildman–Crippen MR) is 74.0 cm³/mol. The third-order valence-electron chi connectivity index (χ3n) is 3.20. The van der Waals surface area contributed by atoms with Gasteiger partial charge in [-0.3, -0.25) is 0 Å². The van der Waals surface area contributed by atoms with E-state index in [1.165, 1.54) is 6.07 Å². The Labute approximate surface area is 115 Å². The molecule has 1 aliphatic rings. The number of phenols is 2. The number of benzene rings is 2. The van der Waals surface area contributed by atoms with Crippen LogP contribution >= 0.6 is 0 Å². The van der Waals surface area contributed by atoms with Crippen LogP contribution in [0.1, 0.15) is 11.1 Å². The van der Waals surface area contributed by atoms with Crippen molar-refractivity contribution in [1.82, 2.24) is 0 Å². The Morgan fingerprint density at radius 1 is 0.900 bits per heavy atom. The van der Waals surface area contributed by atoms with Crippen molar-refractivity contribution in [1.29, 1.82) is 0 Å². The zero-order chi connectivity index (χ0) is 14.1. The van der Waals surface area contributed by atoms with Crippen molar-refractivity contribution in [2.24, 2.45) is 0 Å². The number of hydrogen-bond acceptors (Lipinski definition) is 4. The average molecular weight is 268 g/mol. The van der Waals surface area contributed by atoms with Gasteiger partial charge in [-0.15, -0.1) is 0 Å². The number of phenolic OH excluding ortho intramolecular Hbond substituents is 2. The minimum absolute atomic E-state index is 0.0970. The van der Waals surface area contributed by atoms with Gasteiger partial charge >= 0.3 is 5.97 Å². The number of carbonyl (C=O) groups is 1. The molecule has 2 N–H and O–H groups in total. The van der Waals surface area contributed by atoms with Crippen molar-refractivity contribution in [2.75, 3.05) is 6.61 Å². The smallest absolute Gasteiger partial charge is 0.339 e. The zero-order valence-corrected chi connectivity index (χ0v) is 10.5. The van der Waals surface area contributed by atoms with Crippen LogP contribution in [0.4, 0.5) is 0 Å². The fourth-order valence-corrected chi connectivity index (χ4v) is 2.25. The first kappa shape index (κ1) is 12.3. The second kappa shape index (κ2) is 4.74. The van der Waals surface area contributed by atoms with Crippen LogP contribution in [0.3, 0.4) is 0 Å². The zero-order valence-electron chi connectivity index (χ0n) is 10.5. The highest BCUT2D eigenvalue weighted by atomic mass is 16.5. The van der Waals surface area contributed by atoms with Gasteiger partial charge in [-0.2, -0.15) is 0 Å². The summed E-state index contributed by atoms with van der Waals surface area (Å²) in [5.74, 6) is -0.142. The fraction of sp³-hybridized carbons (Fsp3) is 0.0625. The highest BCUT2D eigenvalue weighted by molar-refractivity contribution is 6.27. The number of cyclic esters (lactones) is 1. The largest absolute Gasteiger partial charge is 0.508 e. The van der Waals surface area contributed by atoms with Crippen molar-refractivity contribution in [3.8, 4) is 11.5 Å². The molecule has 1 aliphatic heterocycles. The van der Waals surface area contributed by atoms with Crippen LogP contribution in [-0.4, -0.2) is 22.8 Å². The Balaban J connectivity index is 2.14. The summed E-state index contributed by atoms with van der Waals surface area (Å²) in [7, 11) is 0. The lowest BCUT2D eigenvalue weighted by Crippen LogP contribution is -1.98. The molecule has 0 radical (unpaired) electrons. The third kappa shape index (κ3) is 2.12. The van der Waals surface area contributed by atoms with Gasteiger partial charge in [0.2, 0.25) is 0 Å². The molecule has 1 heterocycles. The first-order valence-corrected chi connectivity index (χ1v) is 6.14. The Morgan fingerprint density at radius 3 is 2.35 bits per heavy atom. The van der Waals surface area contributed by atoms with Crippen LogP contribution in [0.15, 0.2) is 48.5 Å². The second-order valence-corrected chi connectivity index (χ2v) is 4.53. The minimum atomic E-state index is -0.404. The molecule has 4 heteroatoms. The Bertz CT molecular complexity index is 699. The summed E-state index contributed by atoms with van der Waals surface area (Å²) in [6.07, 6.45) is 0. The van der Waals surface area contributed by atoms with Crippen molar-refractivity contribution >= 4 is 17.1 Å². The maximum atomic E-state index is 11.9. The van der Waals surface area contributed by atoms with Gasteiger partial charge in [0.25, 0.3) is 0 Å². The van der Waals surface area contributed by atoms with Crippen LogP contribution in [0.2, 0.25) is 0 Å². The van der Waals surface area contributed by atoms with Gasteiger partial charge in [0.15, 0.2) is 0 Å². The van der Waals surface area contributed by atoms with Gasteiger partial charge in [0.05, 0.1) is 5.57 Å². The number of esters is 1. The minimum Gasteiger partial charge on any atom is -0.508 e. The van der Waals surface area contributed by atoms with Crippen LogP contribution in [-0.2, 0) is 9.53 Å². The normalized spacial score (nSPS) is 14.5. The van der Waals surface area contributed by atoms with E-state index in [-0.39, 0.29) is 18.1 Å². The Morgan fingerprint density at radius 2 is 1.65 bits per heavy atom. The van der Waals surface area contributed by atoms with E-state index in [9.17, 15) is 15.0 Å². The van der Waals surface area contributed by atoms with Crippen molar-refractivity contribution in [3.63, 3.8) is 0 Å². The topological polar surface area (TPSA) is 66.8 Å². The maximum Gasteiger partial charge on any atom is 0.339 e. The van der Waals surface area contributed by atoms with E-state index in [0.717, 1.165) is 11.1 Å². The van der Waals surface area contributed by atoms with Gasteiger partial charge in [-0.1, -0.05) is 24.3 Å². The standard InChI is InChI=1S/C16H12O4/c17-12-6-4-10(5-7-12)14-9-20-16(19)15(14)11-2-1-3-13(18)8-11/h1-8,17-18H,9H2. The number of aromatic hydroxyl groups is 2. The molecule has 0 spiro atoms. The summed E-state index contributed by atoms with van der Waals surface area (Å²) in [6, 6.07) is 13.1. The van der Waals surface area contributed by atoms with Crippen molar-refractivity contribution in [2.45, 2.75) is 0 Å². The molecule has 0 atom stereocenters.